The maximum Gasteiger partial charge on any atom is 0.270 e. The van der Waals surface area contributed by atoms with Crippen molar-refractivity contribution in [1.82, 2.24) is 14.4 Å². The van der Waals surface area contributed by atoms with Crippen LogP contribution in [-0.2, 0) is 13.6 Å². The molecular weight excluding hydrogens is 494 g/mol. The highest BCUT2D eigenvalue weighted by Gasteiger charge is 2.26. The molecule has 0 saturated carbocycles. The van der Waals surface area contributed by atoms with Gasteiger partial charge in [0.25, 0.3) is 5.91 Å². The van der Waals surface area contributed by atoms with E-state index in [4.69, 9.17) is 18.0 Å². The number of rotatable bonds is 5. The maximum atomic E-state index is 13.6. The molecule has 2 saturated heterocycles. The van der Waals surface area contributed by atoms with E-state index in [9.17, 15) is 4.79 Å². The van der Waals surface area contributed by atoms with Gasteiger partial charge in [-0.05, 0) is 55.3 Å². The zero-order valence-corrected chi connectivity index (χ0v) is 23.1. The standard InChI is InChI=1S/C31H36ClN5O/c1-4-25-9-7-10-27(21-25)35-13-8-14-37(20-19-35)31(38)30-22-26(24(2)33(30)3)23-34-15-17-36(18-16-34)29-12-6-5-11-28(29)32/h1,5-7,9-12,21-22H,8,13-20,23H2,2-3H3. The van der Waals surface area contributed by atoms with E-state index < -0.39 is 0 Å². The lowest BCUT2D eigenvalue weighted by atomic mass is 10.2. The number of piperazine rings is 1. The van der Waals surface area contributed by atoms with E-state index in [0.717, 1.165) is 92.1 Å². The fourth-order valence-corrected chi connectivity index (χ4v) is 5.81. The number of hydrogen-bond acceptors (Lipinski definition) is 4. The zero-order chi connectivity index (χ0) is 26.6. The summed E-state index contributed by atoms with van der Waals surface area (Å²) in [7, 11) is 2.01. The topological polar surface area (TPSA) is 35.0 Å². The Hall–Kier alpha value is -3.40. The smallest absolute Gasteiger partial charge is 0.270 e. The van der Waals surface area contributed by atoms with Gasteiger partial charge in [0.15, 0.2) is 0 Å². The molecule has 38 heavy (non-hydrogen) atoms. The van der Waals surface area contributed by atoms with Gasteiger partial charge in [-0.2, -0.15) is 0 Å². The van der Waals surface area contributed by atoms with Crippen molar-refractivity contribution in [3.8, 4) is 12.3 Å². The van der Waals surface area contributed by atoms with Gasteiger partial charge in [-0.15, -0.1) is 6.42 Å². The Kier molecular flexibility index (Phi) is 7.97. The van der Waals surface area contributed by atoms with Crippen molar-refractivity contribution in [3.05, 3.63) is 82.1 Å². The summed E-state index contributed by atoms with van der Waals surface area (Å²) in [5.74, 6) is 2.84. The van der Waals surface area contributed by atoms with Crippen molar-refractivity contribution in [3.63, 3.8) is 0 Å². The van der Waals surface area contributed by atoms with E-state index in [1.807, 2.05) is 42.3 Å². The van der Waals surface area contributed by atoms with E-state index in [1.54, 1.807) is 0 Å². The minimum Gasteiger partial charge on any atom is -0.370 e. The molecule has 2 aromatic carbocycles. The largest absolute Gasteiger partial charge is 0.370 e. The number of halogens is 1. The van der Waals surface area contributed by atoms with Gasteiger partial charge in [0.2, 0.25) is 0 Å². The molecule has 2 aliphatic heterocycles. The number of para-hydroxylation sites is 1. The number of amides is 1. The average Bonchev–Trinajstić information content (AvgIpc) is 3.11. The van der Waals surface area contributed by atoms with Crippen LogP contribution in [0.15, 0.2) is 54.6 Å². The van der Waals surface area contributed by atoms with Crippen LogP contribution >= 0.6 is 11.6 Å². The Morgan fingerprint density at radius 3 is 2.45 bits per heavy atom. The summed E-state index contributed by atoms with van der Waals surface area (Å²) in [6.07, 6.45) is 6.52. The molecule has 7 heteroatoms. The van der Waals surface area contributed by atoms with E-state index in [2.05, 4.69) is 56.4 Å². The molecular formula is C31H36ClN5O. The summed E-state index contributed by atoms with van der Waals surface area (Å²) in [5.41, 5.74) is 6.28. The van der Waals surface area contributed by atoms with Crippen LogP contribution in [0.1, 0.15) is 33.7 Å². The predicted molar refractivity (Wildman–Crippen MR) is 156 cm³/mol. The van der Waals surface area contributed by atoms with Crippen LogP contribution in [0.5, 0.6) is 0 Å². The third-order valence-electron chi connectivity index (χ3n) is 7.98. The molecule has 198 valence electrons. The second-order valence-electron chi connectivity index (χ2n) is 10.2. The second kappa shape index (κ2) is 11.6. The lowest BCUT2D eigenvalue weighted by Gasteiger charge is -2.36. The first-order valence-corrected chi connectivity index (χ1v) is 13.8. The highest BCUT2D eigenvalue weighted by molar-refractivity contribution is 6.33. The van der Waals surface area contributed by atoms with Gasteiger partial charge < -0.3 is 19.3 Å². The Balaban J connectivity index is 1.21. The van der Waals surface area contributed by atoms with Gasteiger partial charge in [0.05, 0.1) is 10.7 Å². The number of benzene rings is 2. The molecule has 3 aromatic rings. The van der Waals surface area contributed by atoms with Crippen LogP contribution in [-0.4, -0.2) is 72.6 Å². The number of carbonyl (C=O) groups excluding carboxylic acids is 1. The van der Waals surface area contributed by atoms with Crippen molar-refractivity contribution in [2.45, 2.75) is 19.9 Å². The summed E-state index contributed by atoms with van der Waals surface area (Å²) < 4.78 is 2.07. The average molecular weight is 530 g/mol. The summed E-state index contributed by atoms with van der Waals surface area (Å²) >= 11 is 6.42. The third-order valence-corrected chi connectivity index (χ3v) is 8.30. The van der Waals surface area contributed by atoms with Crippen LogP contribution < -0.4 is 9.80 Å². The fraction of sp³-hybridized carbons (Fsp3) is 0.387. The van der Waals surface area contributed by atoms with Crippen LogP contribution in [0.3, 0.4) is 0 Å². The van der Waals surface area contributed by atoms with E-state index >= 15 is 0 Å². The highest BCUT2D eigenvalue weighted by Crippen LogP contribution is 2.27. The van der Waals surface area contributed by atoms with Crippen molar-refractivity contribution in [1.29, 1.82) is 0 Å². The molecule has 0 radical (unpaired) electrons. The fourth-order valence-electron chi connectivity index (χ4n) is 5.56. The van der Waals surface area contributed by atoms with Gasteiger partial charge in [0, 0.05) is 82.9 Å². The molecule has 0 spiro atoms. The van der Waals surface area contributed by atoms with Crippen molar-refractivity contribution in [2.75, 3.05) is 62.2 Å². The van der Waals surface area contributed by atoms with E-state index in [-0.39, 0.29) is 5.91 Å². The molecule has 0 N–H and O–H groups in total. The van der Waals surface area contributed by atoms with Crippen LogP contribution in [0, 0.1) is 19.3 Å². The number of carbonyl (C=O) groups is 1. The Labute approximate surface area is 231 Å². The second-order valence-corrected chi connectivity index (χ2v) is 10.6. The lowest BCUT2D eigenvalue weighted by molar-refractivity contribution is 0.0757. The summed E-state index contributed by atoms with van der Waals surface area (Å²) in [5, 5.41) is 0.806. The molecule has 0 aliphatic carbocycles. The first-order valence-electron chi connectivity index (χ1n) is 13.4. The van der Waals surface area contributed by atoms with Crippen LogP contribution in [0.25, 0.3) is 0 Å². The monoisotopic (exact) mass is 529 g/mol. The van der Waals surface area contributed by atoms with Crippen molar-refractivity contribution >= 4 is 28.9 Å². The quantitative estimate of drug-likeness (QED) is 0.451. The molecule has 6 nitrogen and oxygen atoms in total. The molecule has 0 atom stereocenters. The third kappa shape index (κ3) is 5.55. The van der Waals surface area contributed by atoms with Crippen molar-refractivity contribution in [2.24, 2.45) is 7.05 Å². The van der Waals surface area contributed by atoms with Crippen molar-refractivity contribution < 1.29 is 4.79 Å². The Morgan fingerprint density at radius 1 is 0.921 bits per heavy atom. The lowest BCUT2D eigenvalue weighted by Crippen LogP contribution is -2.46. The maximum absolute atomic E-state index is 13.6. The molecule has 0 bridgehead atoms. The van der Waals surface area contributed by atoms with Gasteiger partial charge in [-0.25, -0.2) is 0 Å². The van der Waals surface area contributed by atoms with Gasteiger partial charge in [-0.3, -0.25) is 9.69 Å². The van der Waals surface area contributed by atoms with Gasteiger partial charge >= 0.3 is 0 Å². The highest BCUT2D eigenvalue weighted by atomic mass is 35.5. The van der Waals surface area contributed by atoms with E-state index in [0.29, 0.717) is 6.54 Å². The number of terminal acetylenes is 1. The number of aromatic nitrogens is 1. The minimum atomic E-state index is 0.115. The first kappa shape index (κ1) is 26.2. The SMILES string of the molecule is C#Cc1cccc(N2CCCN(C(=O)c3cc(CN4CCN(c5ccccc5Cl)CC4)c(C)n3C)CC2)c1. The molecule has 0 unspecified atom stereocenters. The van der Waals surface area contributed by atoms with E-state index in [1.165, 1.54) is 5.56 Å². The molecule has 2 fully saturated rings. The number of nitrogens with zero attached hydrogens (tertiary/aromatic N) is 5. The molecule has 1 amide bonds. The number of hydrogen-bond donors (Lipinski definition) is 0. The van der Waals surface area contributed by atoms with Gasteiger partial charge in [-0.1, -0.05) is 35.7 Å². The summed E-state index contributed by atoms with van der Waals surface area (Å²) in [4.78, 5) is 22.8. The normalized spacial score (nSPS) is 16.8. The first-order chi connectivity index (χ1) is 18.4. The molecule has 1 aromatic heterocycles. The number of anilines is 2. The Bertz CT molecular complexity index is 1330. The zero-order valence-electron chi connectivity index (χ0n) is 22.4. The summed E-state index contributed by atoms with van der Waals surface area (Å²) in [6.45, 7) is 9.94. The summed E-state index contributed by atoms with van der Waals surface area (Å²) in [6, 6.07) is 18.3. The predicted octanol–water partition coefficient (Wildman–Crippen LogP) is 4.64. The van der Waals surface area contributed by atoms with Gasteiger partial charge in [0.1, 0.15) is 5.69 Å². The Morgan fingerprint density at radius 2 is 1.68 bits per heavy atom. The van der Waals surface area contributed by atoms with Crippen LogP contribution in [0.2, 0.25) is 5.02 Å². The molecule has 2 aliphatic rings. The van der Waals surface area contributed by atoms with Crippen LogP contribution in [0.4, 0.5) is 11.4 Å². The molecule has 3 heterocycles. The minimum absolute atomic E-state index is 0.115. The molecule has 5 rings (SSSR count).